The van der Waals surface area contributed by atoms with E-state index >= 15 is 0 Å². The van der Waals surface area contributed by atoms with Crippen LogP contribution in [0.4, 0.5) is 36.3 Å². The van der Waals surface area contributed by atoms with Crippen LogP contribution in [-0.2, 0) is 0 Å². The lowest BCUT2D eigenvalue weighted by Gasteiger charge is -2.14. The molecule has 1 aliphatic carbocycles. The minimum Gasteiger partial charge on any atom is -0.406 e. The van der Waals surface area contributed by atoms with Gasteiger partial charge in [0.25, 0.3) is 5.69 Å². The van der Waals surface area contributed by atoms with Gasteiger partial charge < -0.3 is 15.4 Å². The van der Waals surface area contributed by atoms with Gasteiger partial charge in [0.2, 0.25) is 5.95 Å². The number of alkyl halides is 3. The van der Waals surface area contributed by atoms with Crippen molar-refractivity contribution in [2.24, 2.45) is 0 Å². The second kappa shape index (κ2) is 8.33. The third kappa shape index (κ3) is 5.23. The molecule has 1 heterocycles. The first-order valence-corrected chi connectivity index (χ1v) is 9.71. The molecule has 1 fully saturated rings. The maximum atomic E-state index is 12.6. The first-order chi connectivity index (χ1) is 15.2. The van der Waals surface area contributed by atoms with E-state index in [4.69, 9.17) is 0 Å². The summed E-state index contributed by atoms with van der Waals surface area (Å²) in [4.78, 5) is 19.6. The number of nitro benzene ring substituents is 1. The maximum absolute atomic E-state index is 12.6. The molecule has 0 aliphatic heterocycles. The van der Waals surface area contributed by atoms with Gasteiger partial charge in [-0.3, -0.25) is 10.1 Å². The summed E-state index contributed by atoms with van der Waals surface area (Å²) in [6, 6.07) is 11.9. The summed E-state index contributed by atoms with van der Waals surface area (Å²) in [7, 11) is 0. The van der Waals surface area contributed by atoms with Gasteiger partial charge in [0.05, 0.1) is 16.2 Å². The van der Waals surface area contributed by atoms with E-state index in [-0.39, 0.29) is 17.5 Å². The smallest absolute Gasteiger partial charge is 0.406 e. The Kier molecular flexibility index (Phi) is 5.56. The van der Waals surface area contributed by atoms with Crippen molar-refractivity contribution in [2.45, 2.75) is 32.2 Å². The average molecular weight is 445 g/mol. The number of nitrogens with one attached hydrogen (secondary N) is 2. The molecule has 1 aliphatic rings. The second-order valence-corrected chi connectivity index (χ2v) is 7.29. The van der Waals surface area contributed by atoms with Gasteiger partial charge >= 0.3 is 6.36 Å². The third-order valence-electron chi connectivity index (χ3n) is 4.76. The van der Waals surface area contributed by atoms with E-state index in [0.29, 0.717) is 34.3 Å². The van der Waals surface area contributed by atoms with Crippen molar-refractivity contribution in [3.63, 3.8) is 0 Å². The van der Waals surface area contributed by atoms with Crippen molar-refractivity contribution in [1.29, 1.82) is 0 Å². The third-order valence-corrected chi connectivity index (χ3v) is 4.76. The molecule has 2 N–H and O–H groups in total. The van der Waals surface area contributed by atoms with E-state index in [1.54, 1.807) is 31.2 Å². The van der Waals surface area contributed by atoms with E-state index in [2.05, 4.69) is 25.3 Å². The molecular weight excluding hydrogens is 427 g/mol. The molecular formula is C21H18F3N5O3. The Morgan fingerprint density at radius 1 is 1.12 bits per heavy atom. The summed E-state index contributed by atoms with van der Waals surface area (Å²) in [6.07, 6.45) is -2.88. The molecule has 11 heteroatoms. The molecule has 0 bridgehead atoms. The SMILES string of the molecule is Cc1c(Nc2cc(-c3cccc(OC(F)(F)F)c3)nc(NC3CC3)n2)cccc1[N+](=O)[O-]. The monoisotopic (exact) mass is 445 g/mol. The van der Waals surface area contributed by atoms with Crippen LogP contribution in [0, 0.1) is 17.0 Å². The highest BCUT2D eigenvalue weighted by atomic mass is 19.4. The predicted molar refractivity (Wildman–Crippen MR) is 112 cm³/mol. The Labute approximate surface area is 180 Å². The first-order valence-electron chi connectivity index (χ1n) is 9.71. The Morgan fingerprint density at radius 3 is 2.56 bits per heavy atom. The van der Waals surface area contributed by atoms with Gasteiger partial charge in [-0.25, -0.2) is 4.98 Å². The van der Waals surface area contributed by atoms with Crippen LogP contribution in [0.2, 0.25) is 0 Å². The molecule has 166 valence electrons. The minimum atomic E-state index is -4.81. The second-order valence-electron chi connectivity index (χ2n) is 7.29. The Hall–Kier alpha value is -3.89. The van der Waals surface area contributed by atoms with E-state index < -0.39 is 11.3 Å². The van der Waals surface area contributed by atoms with Crippen LogP contribution >= 0.6 is 0 Å². The summed E-state index contributed by atoms with van der Waals surface area (Å²) in [6.45, 7) is 1.61. The number of anilines is 3. The number of hydrogen-bond donors (Lipinski definition) is 2. The maximum Gasteiger partial charge on any atom is 0.573 e. The fourth-order valence-electron chi connectivity index (χ4n) is 3.08. The number of benzene rings is 2. The van der Waals surface area contributed by atoms with Crippen molar-refractivity contribution in [2.75, 3.05) is 10.6 Å². The molecule has 2 aromatic carbocycles. The summed E-state index contributed by atoms with van der Waals surface area (Å²) in [5.74, 6) is 0.274. The van der Waals surface area contributed by atoms with E-state index in [9.17, 15) is 23.3 Å². The van der Waals surface area contributed by atoms with Crippen molar-refractivity contribution in [3.8, 4) is 17.0 Å². The van der Waals surface area contributed by atoms with E-state index in [1.165, 1.54) is 24.3 Å². The lowest BCUT2D eigenvalue weighted by atomic mass is 10.1. The molecule has 4 rings (SSSR count). The van der Waals surface area contributed by atoms with Crippen LogP contribution in [0.3, 0.4) is 0 Å². The Balaban J connectivity index is 1.70. The van der Waals surface area contributed by atoms with Crippen molar-refractivity contribution < 1.29 is 22.8 Å². The Morgan fingerprint density at radius 2 is 1.88 bits per heavy atom. The van der Waals surface area contributed by atoms with E-state index in [0.717, 1.165) is 12.8 Å². The number of hydrogen-bond acceptors (Lipinski definition) is 7. The zero-order chi connectivity index (χ0) is 22.9. The van der Waals surface area contributed by atoms with Gasteiger partial charge in [-0.1, -0.05) is 18.2 Å². The zero-order valence-corrected chi connectivity index (χ0v) is 16.8. The fraction of sp³-hybridized carbons (Fsp3) is 0.238. The van der Waals surface area contributed by atoms with Crippen LogP contribution in [0.25, 0.3) is 11.3 Å². The molecule has 0 spiro atoms. The summed E-state index contributed by atoms with van der Waals surface area (Å²) >= 11 is 0. The fourth-order valence-corrected chi connectivity index (χ4v) is 3.08. The van der Waals surface area contributed by atoms with Crippen LogP contribution in [-0.4, -0.2) is 27.3 Å². The van der Waals surface area contributed by atoms with Crippen molar-refractivity contribution in [3.05, 3.63) is 64.2 Å². The normalized spacial score (nSPS) is 13.5. The van der Waals surface area contributed by atoms with Crippen LogP contribution in [0.1, 0.15) is 18.4 Å². The molecule has 0 amide bonds. The van der Waals surface area contributed by atoms with Crippen LogP contribution < -0.4 is 15.4 Å². The highest BCUT2D eigenvalue weighted by Gasteiger charge is 2.31. The van der Waals surface area contributed by atoms with Gasteiger partial charge in [0, 0.05) is 29.4 Å². The van der Waals surface area contributed by atoms with Gasteiger partial charge in [-0.05, 0) is 38.0 Å². The number of ether oxygens (including phenoxy) is 1. The molecule has 0 unspecified atom stereocenters. The number of aromatic nitrogens is 2. The van der Waals surface area contributed by atoms with Crippen molar-refractivity contribution in [1.82, 2.24) is 9.97 Å². The van der Waals surface area contributed by atoms with Crippen LogP contribution in [0.5, 0.6) is 5.75 Å². The lowest BCUT2D eigenvalue weighted by Crippen LogP contribution is -2.17. The molecule has 8 nitrogen and oxygen atoms in total. The molecule has 0 atom stereocenters. The highest BCUT2D eigenvalue weighted by molar-refractivity contribution is 5.71. The summed E-state index contributed by atoms with van der Waals surface area (Å²) in [5, 5.41) is 17.5. The zero-order valence-electron chi connectivity index (χ0n) is 16.8. The molecule has 1 aromatic heterocycles. The summed E-state index contributed by atoms with van der Waals surface area (Å²) < 4.78 is 41.8. The number of rotatable bonds is 7. The quantitative estimate of drug-likeness (QED) is 0.362. The van der Waals surface area contributed by atoms with E-state index in [1.807, 2.05) is 0 Å². The number of nitro groups is 1. The van der Waals surface area contributed by atoms with Crippen molar-refractivity contribution >= 4 is 23.1 Å². The van der Waals surface area contributed by atoms with Crippen LogP contribution in [0.15, 0.2) is 48.5 Å². The standard InChI is InChI=1S/C21H18F3N5O3/c1-12-16(6-3-7-18(12)29(30)31)26-19-11-17(27-20(28-19)25-14-8-9-14)13-4-2-5-15(10-13)32-21(22,23)24/h2-7,10-11,14H,8-9H2,1H3,(H2,25,26,27,28). The number of nitrogens with zero attached hydrogens (tertiary/aromatic N) is 3. The minimum absolute atomic E-state index is 0.0439. The topological polar surface area (TPSA) is 102 Å². The van der Waals surface area contributed by atoms with Gasteiger partial charge in [-0.2, -0.15) is 4.98 Å². The molecule has 0 radical (unpaired) electrons. The molecule has 3 aromatic rings. The van der Waals surface area contributed by atoms with Gasteiger partial charge in [-0.15, -0.1) is 13.2 Å². The molecule has 1 saturated carbocycles. The Bertz CT molecular complexity index is 1170. The highest BCUT2D eigenvalue weighted by Crippen LogP contribution is 2.32. The number of halogens is 3. The average Bonchev–Trinajstić information content (AvgIpc) is 3.52. The predicted octanol–water partition coefficient (Wildman–Crippen LogP) is 5.58. The van der Waals surface area contributed by atoms with Gasteiger partial charge in [0.15, 0.2) is 0 Å². The molecule has 32 heavy (non-hydrogen) atoms. The largest absolute Gasteiger partial charge is 0.573 e. The summed E-state index contributed by atoms with van der Waals surface area (Å²) in [5.41, 5.74) is 1.62. The van der Waals surface area contributed by atoms with Gasteiger partial charge in [0.1, 0.15) is 11.6 Å². The lowest BCUT2D eigenvalue weighted by molar-refractivity contribution is -0.385. The molecule has 0 saturated heterocycles. The first kappa shape index (κ1) is 21.3.